The molecule has 0 N–H and O–H groups in total. The number of halogens is 1. The van der Waals surface area contributed by atoms with E-state index in [1.165, 1.54) is 32.1 Å². The molecule has 2 unspecified atom stereocenters. The molecule has 7 rings (SSSR count). The van der Waals surface area contributed by atoms with Gasteiger partial charge in [0.05, 0.1) is 29.1 Å². The van der Waals surface area contributed by atoms with E-state index < -0.39 is 0 Å². The van der Waals surface area contributed by atoms with E-state index in [1.54, 1.807) is 0 Å². The molecule has 70 heavy (non-hydrogen) atoms. The molecule has 5 aromatic rings. The van der Waals surface area contributed by atoms with Gasteiger partial charge in [-0.05, 0) is 121 Å². The predicted molar refractivity (Wildman–Crippen MR) is 302 cm³/mol. The van der Waals surface area contributed by atoms with E-state index in [4.69, 9.17) is 4.74 Å². The summed E-state index contributed by atoms with van der Waals surface area (Å²) in [4.78, 5) is 36.0. The Morgan fingerprint density at radius 1 is 0.529 bits per heavy atom. The first-order valence-corrected chi connectivity index (χ1v) is 27.4. The minimum Gasteiger partial charge on any atom is -0.494 e. The second-order valence-electron chi connectivity index (χ2n) is 19.3. The Morgan fingerprint density at radius 3 is 1.51 bits per heavy atom. The molecule has 2 aliphatic heterocycles. The van der Waals surface area contributed by atoms with Crippen molar-refractivity contribution in [3.63, 3.8) is 0 Å². The third-order valence-corrected chi connectivity index (χ3v) is 14.7. The summed E-state index contributed by atoms with van der Waals surface area (Å²) in [6.45, 7) is 15.2. The summed E-state index contributed by atoms with van der Waals surface area (Å²) in [5.41, 5.74) is 10.9. The molecule has 0 radical (unpaired) electrons. The molecule has 0 aromatic heterocycles. The molecule has 0 saturated heterocycles. The number of unbranched alkanes of at least 4 members (excludes halogenated alkanes) is 7. The minimum absolute atomic E-state index is 0.0706. The number of hydrogen-bond acceptors (Lipinski definition) is 4. The summed E-state index contributed by atoms with van der Waals surface area (Å²) in [6.07, 6.45) is 24.5. The fraction of sp³-hybridized carbons (Fsp3) is 0.397. The van der Waals surface area contributed by atoms with Crippen molar-refractivity contribution >= 4 is 85.6 Å². The van der Waals surface area contributed by atoms with E-state index in [0.29, 0.717) is 36.1 Å². The lowest BCUT2D eigenvalue weighted by atomic mass is 9.95. The summed E-state index contributed by atoms with van der Waals surface area (Å²) in [5.74, 6) is 1.49. The highest BCUT2D eigenvalue weighted by molar-refractivity contribution is 9.10. The van der Waals surface area contributed by atoms with Gasteiger partial charge in [0.25, 0.3) is 11.8 Å². The molecule has 0 bridgehead atoms. The Bertz CT molecular complexity index is 2590. The number of anilines is 5. The van der Waals surface area contributed by atoms with Crippen molar-refractivity contribution < 1.29 is 14.3 Å². The van der Waals surface area contributed by atoms with E-state index in [0.717, 1.165) is 131 Å². The number of amides is 2. The van der Waals surface area contributed by atoms with Gasteiger partial charge < -0.3 is 19.4 Å². The van der Waals surface area contributed by atoms with Crippen LogP contribution in [0.15, 0.2) is 120 Å². The van der Waals surface area contributed by atoms with Gasteiger partial charge in [0.1, 0.15) is 5.75 Å². The molecule has 0 fully saturated rings. The molecular formula is C63H76BrN3O3. The maximum Gasteiger partial charge on any atom is 0.259 e. The lowest BCUT2D eigenvalue weighted by Crippen LogP contribution is -2.34. The molecule has 0 saturated carbocycles. The number of rotatable bonds is 26. The van der Waals surface area contributed by atoms with Crippen LogP contribution in [0.3, 0.4) is 0 Å². The molecular weight excluding hydrogens is 927 g/mol. The third kappa shape index (κ3) is 12.8. The van der Waals surface area contributed by atoms with Crippen molar-refractivity contribution in [3.8, 4) is 5.75 Å². The lowest BCUT2D eigenvalue weighted by molar-refractivity contribution is -0.114. The number of carbonyl (C=O) groups is 2. The first-order chi connectivity index (χ1) is 34.2. The monoisotopic (exact) mass is 1000 g/mol. The van der Waals surface area contributed by atoms with Gasteiger partial charge in [0, 0.05) is 45.8 Å². The highest BCUT2D eigenvalue weighted by atomic mass is 79.9. The number of fused-ring (bicyclic) bond motifs is 2. The molecule has 5 aromatic carbocycles. The minimum atomic E-state index is -0.0740. The lowest BCUT2D eigenvalue weighted by Gasteiger charge is -2.26. The zero-order chi connectivity index (χ0) is 49.4. The van der Waals surface area contributed by atoms with Gasteiger partial charge in [-0.2, -0.15) is 0 Å². The number of allylic oxidation sites excluding steroid dienone is 1. The Balaban J connectivity index is 1.18. The Hall–Kier alpha value is -5.66. The van der Waals surface area contributed by atoms with Crippen LogP contribution in [0.4, 0.5) is 28.4 Å². The largest absolute Gasteiger partial charge is 0.494 e. The van der Waals surface area contributed by atoms with Crippen LogP contribution in [0.5, 0.6) is 5.75 Å². The highest BCUT2D eigenvalue weighted by Crippen LogP contribution is 2.48. The Labute approximate surface area is 428 Å². The summed E-state index contributed by atoms with van der Waals surface area (Å²) in [5, 5.41) is 0. The van der Waals surface area contributed by atoms with Crippen molar-refractivity contribution in [3.05, 3.63) is 148 Å². The van der Waals surface area contributed by atoms with Crippen LogP contribution in [0.2, 0.25) is 0 Å². The van der Waals surface area contributed by atoms with Gasteiger partial charge in [0.15, 0.2) is 0 Å². The second kappa shape index (κ2) is 26.0. The van der Waals surface area contributed by atoms with Gasteiger partial charge in [-0.3, -0.25) is 9.59 Å². The molecule has 2 amide bonds. The SMILES string of the molecule is C/C=C/c1ccc(N(c2ccc(/C=C/c3ccc4c(c3)N(CC(CC)CCCC)C(=O)/C4=C3/C(=O)N(CC(CC)CCCC)c4cc(Br)ccc43)cc2)c2ccc(OCCCCCCCC)cc2)cc1. The molecule has 6 nitrogen and oxygen atoms in total. The molecule has 2 atom stereocenters. The standard InChI is InChI=1S/C63H76BrN3O3/c1-7-13-16-17-18-19-41-70-55-37-35-54(36-38-55)67(52-31-25-48(20-10-4)26-32-52)53-33-27-49(28-34-53)23-24-50-29-39-56-58(42-50)65(44-46(11-5)21-14-8-2)62(68)60(56)61-57-40-30-51(64)43-59(57)66(63(61)69)45-47(12-6)22-15-9-3/h10,20,23-40,42-43,46-47H,7-9,11-19,21-22,41,44-45H2,1-6H3/b20-10+,24-23+,61-60+. The van der Waals surface area contributed by atoms with Crippen molar-refractivity contribution in [2.45, 2.75) is 131 Å². The van der Waals surface area contributed by atoms with Crippen molar-refractivity contribution in [1.29, 1.82) is 0 Å². The van der Waals surface area contributed by atoms with Crippen LogP contribution in [0.1, 0.15) is 159 Å². The highest BCUT2D eigenvalue weighted by Gasteiger charge is 2.43. The molecule has 0 spiro atoms. The van der Waals surface area contributed by atoms with E-state index in [9.17, 15) is 4.79 Å². The zero-order valence-electron chi connectivity index (χ0n) is 42.8. The van der Waals surface area contributed by atoms with E-state index in [1.807, 2.05) is 28.9 Å². The van der Waals surface area contributed by atoms with Gasteiger partial charge in [-0.15, -0.1) is 0 Å². The number of carbonyl (C=O) groups excluding carboxylic acids is 2. The number of hydrogen-bond donors (Lipinski definition) is 0. The number of ether oxygens (including phenoxy) is 1. The van der Waals surface area contributed by atoms with Gasteiger partial charge in [-0.1, -0.05) is 188 Å². The predicted octanol–water partition coefficient (Wildman–Crippen LogP) is 17.9. The summed E-state index contributed by atoms with van der Waals surface area (Å²) in [6, 6.07) is 38.2. The first-order valence-electron chi connectivity index (χ1n) is 26.6. The van der Waals surface area contributed by atoms with Crippen molar-refractivity contribution in [2.75, 3.05) is 34.4 Å². The Kier molecular flexibility index (Phi) is 19.4. The molecule has 7 heteroatoms. The molecule has 2 heterocycles. The van der Waals surface area contributed by atoms with E-state index >= 15 is 4.79 Å². The van der Waals surface area contributed by atoms with Gasteiger partial charge in [0.2, 0.25) is 0 Å². The van der Waals surface area contributed by atoms with Gasteiger partial charge in [-0.25, -0.2) is 0 Å². The first kappa shape index (κ1) is 52.2. The fourth-order valence-corrected chi connectivity index (χ4v) is 10.4. The average Bonchev–Trinajstić information content (AvgIpc) is 3.80. The molecule has 368 valence electrons. The van der Waals surface area contributed by atoms with Crippen molar-refractivity contribution in [1.82, 2.24) is 0 Å². The van der Waals surface area contributed by atoms with E-state index in [-0.39, 0.29) is 11.8 Å². The maximum absolute atomic E-state index is 15.0. The average molecular weight is 1000 g/mol. The maximum atomic E-state index is 15.0. The Morgan fingerprint density at radius 2 is 0.986 bits per heavy atom. The fourth-order valence-electron chi connectivity index (χ4n) is 10.0. The molecule has 0 aliphatic carbocycles. The van der Waals surface area contributed by atoms with Crippen LogP contribution < -0.4 is 19.4 Å². The topological polar surface area (TPSA) is 53.1 Å². The summed E-state index contributed by atoms with van der Waals surface area (Å²) < 4.78 is 7.08. The van der Waals surface area contributed by atoms with Crippen LogP contribution in [-0.4, -0.2) is 31.5 Å². The summed E-state index contributed by atoms with van der Waals surface area (Å²) in [7, 11) is 0. The quantitative estimate of drug-likeness (QED) is 0.0315. The van der Waals surface area contributed by atoms with Crippen LogP contribution >= 0.6 is 15.9 Å². The van der Waals surface area contributed by atoms with Crippen molar-refractivity contribution in [2.24, 2.45) is 11.8 Å². The summed E-state index contributed by atoms with van der Waals surface area (Å²) >= 11 is 3.69. The normalized spacial score (nSPS) is 15.4. The number of nitrogens with zero attached hydrogens (tertiary/aromatic N) is 3. The second-order valence-corrected chi connectivity index (χ2v) is 20.2. The van der Waals surface area contributed by atoms with Crippen LogP contribution in [0, 0.1) is 11.8 Å². The van der Waals surface area contributed by atoms with Gasteiger partial charge >= 0.3 is 0 Å². The smallest absolute Gasteiger partial charge is 0.259 e. The molecule has 2 aliphatic rings. The van der Waals surface area contributed by atoms with E-state index in [2.05, 4.69) is 177 Å². The van der Waals surface area contributed by atoms with Crippen LogP contribution in [-0.2, 0) is 9.59 Å². The number of benzene rings is 5. The third-order valence-electron chi connectivity index (χ3n) is 14.2. The zero-order valence-corrected chi connectivity index (χ0v) is 44.4. The van der Waals surface area contributed by atoms with Crippen LogP contribution in [0.25, 0.3) is 29.4 Å².